The molecule has 31 heavy (non-hydrogen) atoms. The highest BCUT2D eigenvalue weighted by Gasteiger charge is 2.51. The average molecular weight is 416 g/mol. The van der Waals surface area contributed by atoms with E-state index in [9.17, 15) is 2.74 Å². The summed E-state index contributed by atoms with van der Waals surface area (Å²) in [6.45, 7) is 7.19. The normalized spacial score (nSPS) is 21.7. The molecule has 0 aliphatic carbocycles. The summed E-state index contributed by atoms with van der Waals surface area (Å²) in [6, 6.07) is 3.71. The van der Waals surface area contributed by atoms with Crippen LogP contribution >= 0.6 is 0 Å². The first kappa shape index (κ1) is 11.7. The standard InChI is InChI=1S/C28H27BO2/c1-27(2)28(3,4)31-29(30-27)24-15-10-14-22(18-24)26-19-23(20-11-6-5-7-12-20)17-21-13-8-9-16-25(21)26/h5-19H,1-4H3/i8D,9D,10D,13D,14D,15D,16D,17D,18D,19D. The maximum absolute atomic E-state index is 9.25. The van der Waals surface area contributed by atoms with E-state index in [1.165, 1.54) is 0 Å². The molecule has 0 unspecified atom stereocenters. The van der Waals surface area contributed by atoms with Gasteiger partial charge in [-0.2, -0.15) is 0 Å². The molecule has 1 fully saturated rings. The lowest BCUT2D eigenvalue weighted by Crippen LogP contribution is -2.41. The van der Waals surface area contributed by atoms with E-state index in [4.69, 9.17) is 20.3 Å². The molecule has 4 aromatic carbocycles. The van der Waals surface area contributed by atoms with Gasteiger partial charge in [0.05, 0.1) is 24.9 Å². The Labute approximate surface area is 199 Å². The predicted octanol–water partition coefficient (Wildman–Crippen LogP) is 6.47. The smallest absolute Gasteiger partial charge is 0.399 e. The third-order valence-electron chi connectivity index (χ3n) is 5.88. The van der Waals surface area contributed by atoms with Crippen molar-refractivity contribution in [2.45, 2.75) is 38.9 Å². The predicted molar refractivity (Wildman–Crippen MR) is 131 cm³/mol. The molecular weight excluding hydrogens is 379 g/mol. The highest BCUT2D eigenvalue weighted by atomic mass is 16.7. The van der Waals surface area contributed by atoms with E-state index in [-0.39, 0.29) is 45.0 Å². The summed E-state index contributed by atoms with van der Waals surface area (Å²) in [5.74, 6) is 0. The average Bonchev–Trinajstić information content (AvgIpc) is 3.12. The highest BCUT2D eigenvalue weighted by Crippen LogP contribution is 2.37. The summed E-state index contributed by atoms with van der Waals surface area (Å²) in [5.41, 5.74) is -1.77. The molecule has 154 valence electrons. The van der Waals surface area contributed by atoms with Crippen LogP contribution in [0.5, 0.6) is 0 Å². The van der Waals surface area contributed by atoms with Crippen LogP contribution in [0, 0.1) is 0 Å². The van der Waals surface area contributed by atoms with Crippen LogP contribution in [0.3, 0.4) is 0 Å². The molecule has 0 spiro atoms. The quantitative estimate of drug-likeness (QED) is 0.356. The van der Waals surface area contributed by atoms with E-state index in [1.807, 2.05) is 0 Å². The van der Waals surface area contributed by atoms with Crippen molar-refractivity contribution in [1.82, 2.24) is 0 Å². The summed E-state index contributed by atoms with van der Waals surface area (Å²) in [7, 11) is -1.23. The molecular formula is C28H27BO2. The Morgan fingerprint density at radius 1 is 0.710 bits per heavy atom. The second-order valence-electron chi connectivity index (χ2n) is 8.49. The lowest BCUT2D eigenvalue weighted by atomic mass is 9.77. The van der Waals surface area contributed by atoms with Crippen molar-refractivity contribution >= 4 is 23.4 Å². The van der Waals surface area contributed by atoms with E-state index in [0.717, 1.165) is 0 Å². The minimum Gasteiger partial charge on any atom is -0.399 e. The maximum Gasteiger partial charge on any atom is 0.494 e. The number of hydrogen-bond donors (Lipinski definition) is 0. The van der Waals surface area contributed by atoms with Crippen molar-refractivity contribution in [3.63, 3.8) is 0 Å². The van der Waals surface area contributed by atoms with Crippen LogP contribution < -0.4 is 5.46 Å². The molecule has 0 amide bonds. The summed E-state index contributed by atoms with van der Waals surface area (Å²) in [4.78, 5) is 0. The van der Waals surface area contributed by atoms with Crippen molar-refractivity contribution in [3.05, 3.63) is 90.8 Å². The van der Waals surface area contributed by atoms with E-state index < -0.39 is 66.7 Å². The Morgan fingerprint density at radius 3 is 2.16 bits per heavy atom. The number of benzene rings is 4. The zero-order valence-corrected chi connectivity index (χ0v) is 17.8. The molecule has 4 aromatic rings. The van der Waals surface area contributed by atoms with Crippen LogP contribution in [0.25, 0.3) is 33.0 Å². The molecule has 0 aromatic heterocycles. The Kier molecular flexibility index (Phi) is 2.77. The van der Waals surface area contributed by atoms with Crippen LogP contribution in [0.4, 0.5) is 0 Å². The lowest BCUT2D eigenvalue weighted by molar-refractivity contribution is 0.00578. The number of rotatable bonds is 3. The van der Waals surface area contributed by atoms with Crippen LogP contribution in [0.2, 0.25) is 0 Å². The molecule has 0 saturated carbocycles. The third-order valence-corrected chi connectivity index (χ3v) is 5.88. The van der Waals surface area contributed by atoms with Crippen molar-refractivity contribution in [2.75, 3.05) is 0 Å². The monoisotopic (exact) mass is 416 g/mol. The molecule has 3 heteroatoms. The Morgan fingerprint density at radius 2 is 1.42 bits per heavy atom. The second kappa shape index (κ2) is 7.37. The van der Waals surface area contributed by atoms with E-state index >= 15 is 0 Å². The van der Waals surface area contributed by atoms with Gasteiger partial charge in [-0.3, -0.25) is 0 Å². The zero-order chi connectivity index (χ0) is 30.3. The van der Waals surface area contributed by atoms with Gasteiger partial charge in [-0.05, 0) is 78.3 Å². The van der Waals surface area contributed by atoms with E-state index in [0.29, 0.717) is 5.56 Å². The first-order chi connectivity index (χ1) is 19.0. The maximum atomic E-state index is 9.25. The lowest BCUT2D eigenvalue weighted by Gasteiger charge is -2.32. The molecule has 5 rings (SSSR count). The first-order valence-electron chi connectivity index (χ1n) is 15.1. The SMILES string of the molecule is [2H]c1c([2H])c(B2OC(C)(C)C(C)(C)O2)c([2H])c(-c2c([2H])c(-c3ccccc3)c([2H])c3c([2H])c([2H])c([2H])c([2H])c23)c1[2H]. The molecule has 1 saturated heterocycles. The first-order valence-corrected chi connectivity index (χ1v) is 10.1. The van der Waals surface area contributed by atoms with E-state index in [1.54, 1.807) is 58.0 Å². The fourth-order valence-corrected chi connectivity index (χ4v) is 3.44. The highest BCUT2D eigenvalue weighted by molar-refractivity contribution is 6.62. The molecule has 1 aliphatic rings. The van der Waals surface area contributed by atoms with Gasteiger partial charge >= 0.3 is 7.12 Å². The molecule has 2 nitrogen and oxygen atoms in total. The van der Waals surface area contributed by atoms with Gasteiger partial charge in [0.2, 0.25) is 0 Å². The van der Waals surface area contributed by atoms with Crippen molar-refractivity contribution in [1.29, 1.82) is 0 Å². The largest absolute Gasteiger partial charge is 0.494 e. The molecule has 0 bridgehead atoms. The van der Waals surface area contributed by atoms with Gasteiger partial charge in [0.1, 0.15) is 0 Å². The molecule has 0 radical (unpaired) electrons. The van der Waals surface area contributed by atoms with Crippen LogP contribution in [-0.2, 0) is 9.31 Å². The van der Waals surface area contributed by atoms with Gasteiger partial charge in [0.25, 0.3) is 0 Å². The number of hydrogen-bond acceptors (Lipinski definition) is 2. The van der Waals surface area contributed by atoms with Crippen LogP contribution in [0.15, 0.2) is 90.8 Å². The van der Waals surface area contributed by atoms with Gasteiger partial charge in [0.15, 0.2) is 0 Å². The fraction of sp³-hybridized carbons (Fsp3) is 0.214. The Bertz CT molecular complexity index is 1740. The topological polar surface area (TPSA) is 18.5 Å². The van der Waals surface area contributed by atoms with Crippen molar-refractivity contribution in [2.24, 2.45) is 0 Å². The summed E-state index contributed by atoms with van der Waals surface area (Å²) >= 11 is 0. The Hall–Kier alpha value is -2.88. The summed E-state index contributed by atoms with van der Waals surface area (Å²) in [6.07, 6.45) is 0. The molecule has 0 atom stereocenters. The summed E-state index contributed by atoms with van der Waals surface area (Å²) < 4.78 is 99.6. The van der Waals surface area contributed by atoms with Crippen molar-refractivity contribution < 1.29 is 23.0 Å². The van der Waals surface area contributed by atoms with Crippen LogP contribution in [-0.4, -0.2) is 18.3 Å². The fourth-order valence-electron chi connectivity index (χ4n) is 3.44. The molecule has 1 aliphatic heterocycles. The van der Waals surface area contributed by atoms with Gasteiger partial charge in [-0.1, -0.05) is 78.7 Å². The Balaban J connectivity index is 1.99. The molecule has 0 N–H and O–H groups in total. The summed E-state index contributed by atoms with van der Waals surface area (Å²) in [5, 5.41) is -0.372. The van der Waals surface area contributed by atoms with Crippen LogP contribution in [0.1, 0.15) is 41.4 Å². The minimum atomic E-state index is -1.23. The van der Waals surface area contributed by atoms with Gasteiger partial charge in [-0.25, -0.2) is 0 Å². The van der Waals surface area contributed by atoms with Crippen molar-refractivity contribution in [3.8, 4) is 22.3 Å². The number of fused-ring (bicyclic) bond motifs is 1. The van der Waals surface area contributed by atoms with E-state index in [2.05, 4.69) is 0 Å². The second-order valence-corrected chi connectivity index (χ2v) is 8.49. The minimum absolute atomic E-state index is 0.0515. The molecule has 1 heterocycles. The van der Waals surface area contributed by atoms with Gasteiger partial charge in [-0.15, -0.1) is 0 Å². The van der Waals surface area contributed by atoms with Gasteiger partial charge < -0.3 is 9.31 Å². The van der Waals surface area contributed by atoms with Gasteiger partial charge in [0, 0.05) is 0 Å². The third kappa shape index (κ3) is 3.58. The zero-order valence-electron chi connectivity index (χ0n) is 27.8.